The summed E-state index contributed by atoms with van der Waals surface area (Å²) in [6, 6.07) is 5.87. The minimum absolute atomic E-state index is 0.153. The molecule has 1 aromatic rings. The van der Waals surface area contributed by atoms with Gasteiger partial charge in [0.25, 0.3) is 5.69 Å². The van der Waals surface area contributed by atoms with E-state index in [0.29, 0.717) is 17.6 Å². The van der Waals surface area contributed by atoms with Gasteiger partial charge in [-0.3, -0.25) is 15.0 Å². The summed E-state index contributed by atoms with van der Waals surface area (Å²) < 4.78 is 0. The molecule has 0 spiro atoms. The second-order valence-corrected chi connectivity index (χ2v) is 6.06. The zero-order valence-electron chi connectivity index (χ0n) is 13.1. The van der Waals surface area contributed by atoms with E-state index in [1.54, 1.807) is 19.2 Å². The van der Waals surface area contributed by atoms with Crippen LogP contribution in [0, 0.1) is 16.0 Å². The molecule has 2 unspecified atom stereocenters. The first-order chi connectivity index (χ1) is 10.0. The van der Waals surface area contributed by atoms with Gasteiger partial charge in [-0.15, -0.1) is 0 Å². The van der Waals surface area contributed by atoms with Crippen LogP contribution in [0.2, 0.25) is 0 Å². The van der Waals surface area contributed by atoms with Crippen molar-refractivity contribution in [3.63, 3.8) is 0 Å². The summed E-state index contributed by atoms with van der Waals surface area (Å²) in [5.74, 6) is 0.695. The lowest BCUT2D eigenvalue weighted by molar-refractivity contribution is -0.384. The van der Waals surface area contributed by atoms with Crippen LogP contribution < -0.4 is 5.32 Å². The van der Waals surface area contributed by atoms with Crippen molar-refractivity contribution >= 4 is 11.4 Å². The van der Waals surface area contributed by atoms with Gasteiger partial charge in [-0.05, 0) is 31.4 Å². The SMILES string of the molecule is CNc1c(CN(C)C2CCCCC2C)cccc1[N+](=O)[O-]. The fraction of sp³-hybridized carbons (Fsp3) is 0.625. The van der Waals surface area contributed by atoms with E-state index in [2.05, 4.69) is 24.2 Å². The average Bonchev–Trinajstić information content (AvgIpc) is 2.47. The number of hydrogen-bond acceptors (Lipinski definition) is 4. The summed E-state index contributed by atoms with van der Waals surface area (Å²) in [6.45, 7) is 3.06. The molecule has 5 heteroatoms. The Morgan fingerprint density at radius 1 is 1.38 bits per heavy atom. The molecule has 1 saturated carbocycles. The highest BCUT2D eigenvalue weighted by atomic mass is 16.6. The van der Waals surface area contributed by atoms with Gasteiger partial charge in [0, 0.05) is 25.7 Å². The third-order valence-electron chi connectivity index (χ3n) is 4.63. The van der Waals surface area contributed by atoms with Gasteiger partial charge in [0.1, 0.15) is 5.69 Å². The predicted octanol–water partition coefficient (Wildman–Crippen LogP) is 3.65. The molecule has 2 rings (SSSR count). The number of nitro benzene ring substituents is 1. The second-order valence-electron chi connectivity index (χ2n) is 6.06. The van der Waals surface area contributed by atoms with Crippen LogP contribution >= 0.6 is 0 Å². The lowest BCUT2D eigenvalue weighted by Gasteiger charge is -2.36. The van der Waals surface area contributed by atoms with Crippen molar-refractivity contribution in [2.45, 2.75) is 45.2 Å². The van der Waals surface area contributed by atoms with Gasteiger partial charge < -0.3 is 5.32 Å². The zero-order valence-corrected chi connectivity index (χ0v) is 13.1. The van der Waals surface area contributed by atoms with Crippen LogP contribution in [-0.2, 0) is 6.54 Å². The molecule has 1 aromatic carbocycles. The number of para-hydroxylation sites is 1. The van der Waals surface area contributed by atoms with Crippen molar-refractivity contribution in [2.75, 3.05) is 19.4 Å². The Balaban J connectivity index is 2.18. The summed E-state index contributed by atoms with van der Waals surface area (Å²) >= 11 is 0. The summed E-state index contributed by atoms with van der Waals surface area (Å²) in [5, 5.41) is 14.1. The molecule has 0 amide bonds. The minimum Gasteiger partial charge on any atom is -0.382 e. The third kappa shape index (κ3) is 3.53. The largest absolute Gasteiger partial charge is 0.382 e. The van der Waals surface area contributed by atoms with Crippen molar-refractivity contribution < 1.29 is 4.92 Å². The Hall–Kier alpha value is -1.62. The molecule has 0 saturated heterocycles. The van der Waals surface area contributed by atoms with Gasteiger partial charge in [-0.1, -0.05) is 31.9 Å². The molecule has 1 fully saturated rings. The van der Waals surface area contributed by atoms with Crippen LogP contribution in [0.3, 0.4) is 0 Å². The predicted molar refractivity (Wildman–Crippen MR) is 85.5 cm³/mol. The lowest BCUT2D eigenvalue weighted by atomic mass is 9.85. The first kappa shape index (κ1) is 15.8. The van der Waals surface area contributed by atoms with Crippen molar-refractivity contribution in [3.05, 3.63) is 33.9 Å². The summed E-state index contributed by atoms with van der Waals surface area (Å²) in [4.78, 5) is 13.2. The molecule has 116 valence electrons. The normalized spacial score (nSPS) is 22.3. The molecule has 21 heavy (non-hydrogen) atoms. The van der Waals surface area contributed by atoms with Crippen molar-refractivity contribution in [3.8, 4) is 0 Å². The topological polar surface area (TPSA) is 58.4 Å². The monoisotopic (exact) mass is 291 g/mol. The quantitative estimate of drug-likeness (QED) is 0.664. The Labute approximate surface area is 126 Å². The second kappa shape index (κ2) is 6.89. The summed E-state index contributed by atoms with van der Waals surface area (Å²) in [6.07, 6.45) is 5.11. The van der Waals surface area contributed by atoms with Gasteiger partial charge in [-0.2, -0.15) is 0 Å². The summed E-state index contributed by atoms with van der Waals surface area (Å²) in [7, 11) is 3.87. The number of hydrogen-bond donors (Lipinski definition) is 1. The Morgan fingerprint density at radius 2 is 2.10 bits per heavy atom. The maximum absolute atomic E-state index is 11.1. The zero-order chi connectivity index (χ0) is 15.4. The van der Waals surface area contributed by atoms with Gasteiger partial charge >= 0.3 is 0 Å². The standard InChI is InChI=1S/C16H25N3O2/c1-12-7-4-5-9-14(12)18(3)11-13-8-6-10-15(19(20)21)16(13)17-2/h6,8,10,12,14,17H,4-5,7,9,11H2,1-3H3. The maximum atomic E-state index is 11.1. The maximum Gasteiger partial charge on any atom is 0.292 e. The number of nitrogens with one attached hydrogen (secondary N) is 1. The molecule has 1 aliphatic carbocycles. The van der Waals surface area contributed by atoms with E-state index >= 15 is 0 Å². The van der Waals surface area contributed by atoms with Crippen molar-refractivity contribution in [2.24, 2.45) is 5.92 Å². The molecular formula is C16H25N3O2. The number of anilines is 1. The highest BCUT2D eigenvalue weighted by Crippen LogP contribution is 2.32. The van der Waals surface area contributed by atoms with Crippen LogP contribution in [0.4, 0.5) is 11.4 Å². The van der Waals surface area contributed by atoms with Crippen LogP contribution in [0.15, 0.2) is 18.2 Å². The van der Waals surface area contributed by atoms with E-state index in [1.807, 2.05) is 6.07 Å². The van der Waals surface area contributed by atoms with Gasteiger partial charge in [-0.25, -0.2) is 0 Å². The highest BCUT2D eigenvalue weighted by molar-refractivity contribution is 5.66. The van der Waals surface area contributed by atoms with Crippen LogP contribution in [0.25, 0.3) is 0 Å². The van der Waals surface area contributed by atoms with Crippen LogP contribution in [0.5, 0.6) is 0 Å². The number of nitrogens with zero attached hydrogens (tertiary/aromatic N) is 2. The van der Waals surface area contributed by atoms with E-state index in [9.17, 15) is 10.1 Å². The fourth-order valence-corrected chi connectivity index (χ4v) is 3.50. The summed E-state index contributed by atoms with van der Waals surface area (Å²) in [5.41, 5.74) is 1.78. The average molecular weight is 291 g/mol. The van der Waals surface area contributed by atoms with E-state index in [-0.39, 0.29) is 10.6 Å². The molecule has 2 atom stereocenters. The third-order valence-corrected chi connectivity index (χ3v) is 4.63. The first-order valence-corrected chi connectivity index (χ1v) is 7.69. The Kier molecular flexibility index (Phi) is 5.17. The van der Waals surface area contributed by atoms with Crippen molar-refractivity contribution in [1.29, 1.82) is 0 Å². The fourth-order valence-electron chi connectivity index (χ4n) is 3.50. The molecule has 1 aliphatic rings. The molecule has 1 N–H and O–H groups in total. The van der Waals surface area contributed by atoms with Gasteiger partial charge in [0.2, 0.25) is 0 Å². The Bertz CT molecular complexity index is 504. The highest BCUT2D eigenvalue weighted by Gasteiger charge is 2.26. The molecule has 0 aliphatic heterocycles. The smallest absolute Gasteiger partial charge is 0.292 e. The lowest BCUT2D eigenvalue weighted by Crippen LogP contribution is -2.38. The van der Waals surface area contributed by atoms with Crippen molar-refractivity contribution in [1.82, 2.24) is 4.90 Å². The van der Waals surface area contributed by atoms with E-state index < -0.39 is 0 Å². The molecule has 5 nitrogen and oxygen atoms in total. The molecule has 0 heterocycles. The van der Waals surface area contributed by atoms with Gasteiger partial charge in [0.05, 0.1) is 4.92 Å². The Morgan fingerprint density at radius 3 is 2.71 bits per heavy atom. The number of rotatable bonds is 5. The van der Waals surface area contributed by atoms with E-state index in [1.165, 1.54) is 25.7 Å². The van der Waals surface area contributed by atoms with Crippen LogP contribution in [-0.4, -0.2) is 30.0 Å². The van der Waals surface area contributed by atoms with E-state index in [4.69, 9.17) is 0 Å². The number of benzene rings is 1. The van der Waals surface area contributed by atoms with Crippen LogP contribution in [0.1, 0.15) is 38.2 Å². The first-order valence-electron chi connectivity index (χ1n) is 7.69. The molecule has 0 radical (unpaired) electrons. The van der Waals surface area contributed by atoms with Gasteiger partial charge in [0.15, 0.2) is 0 Å². The molecule has 0 aromatic heterocycles. The number of nitro groups is 1. The minimum atomic E-state index is -0.321. The molecular weight excluding hydrogens is 266 g/mol. The van der Waals surface area contributed by atoms with E-state index in [0.717, 1.165) is 12.1 Å². The molecule has 0 bridgehead atoms.